The largest absolute Gasteiger partial charge is 0.458 e. The molecule has 2 aromatic carbocycles. The van der Waals surface area contributed by atoms with Gasteiger partial charge < -0.3 is 4.74 Å². The maximum absolute atomic E-state index is 12.9. The topological polar surface area (TPSA) is 38.7 Å². The average molecular weight is 371 g/mol. The van der Waals surface area contributed by atoms with E-state index in [1.54, 1.807) is 18.0 Å². The van der Waals surface area contributed by atoms with Crippen LogP contribution in [-0.2, 0) is 15.3 Å². The van der Waals surface area contributed by atoms with E-state index in [1.165, 1.54) is 5.56 Å². The van der Waals surface area contributed by atoms with Gasteiger partial charge in [-0.25, -0.2) is 4.79 Å². The molecule has 0 amide bonds. The van der Waals surface area contributed by atoms with Crippen LogP contribution in [0.5, 0.6) is 0 Å². The second-order valence-corrected chi connectivity index (χ2v) is 8.17. The Morgan fingerprint density at radius 3 is 2.31 bits per heavy atom. The first-order chi connectivity index (χ1) is 12.8. The predicted octanol–water partition coefficient (Wildman–Crippen LogP) is 5.14. The normalized spacial score (nSPS) is 14.7. The molecular weight excluding hydrogens is 342 g/mol. The Labute approximate surface area is 162 Å². The zero-order valence-corrected chi connectivity index (χ0v) is 16.5. The maximum atomic E-state index is 12.9. The van der Waals surface area contributed by atoms with E-state index in [9.17, 15) is 4.79 Å². The number of hydrogen-bond acceptors (Lipinski definition) is 4. The van der Waals surface area contributed by atoms with Crippen LogP contribution < -0.4 is 0 Å². The molecule has 138 valence electrons. The van der Waals surface area contributed by atoms with Crippen molar-refractivity contribution in [3.63, 3.8) is 0 Å². The van der Waals surface area contributed by atoms with Crippen molar-refractivity contribution in [2.24, 2.45) is 4.99 Å². The number of hydrogen-bond donors (Lipinski definition) is 0. The van der Waals surface area contributed by atoms with E-state index >= 15 is 0 Å². The minimum absolute atomic E-state index is 0.160. The van der Waals surface area contributed by atoms with Gasteiger partial charge in [-0.2, -0.15) is 11.8 Å². The molecule has 0 heterocycles. The first kappa shape index (κ1) is 18.7. The molecule has 4 heteroatoms. The summed E-state index contributed by atoms with van der Waals surface area (Å²) in [5.41, 5.74) is 0.233. The summed E-state index contributed by atoms with van der Waals surface area (Å²) in [5.74, 6) is 0.702. The lowest BCUT2D eigenvalue weighted by molar-refractivity contribution is -0.159. The summed E-state index contributed by atoms with van der Waals surface area (Å²) in [7, 11) is 0. The highest BCUT2D eigenvalue weighted by atomic mass is 32.2. The van der Waals surface area contributed by atoms with Crippen LogP contribution in [0.15, 0.2) is 65.7 Å². The molecule has 0 fully saturated rings. The summed E-state index contributed by atoms with van der Waals surface area (Å²) in [4.78, 5) is 17.5. The third-order valence-electron chi connectivity index (χ3n) is 3.49. The van der Waals surface area contributed by atoms with Gasteiger partial charge in [0.25, 0.3) is 0 Å². The fraction of sp³-hybridized carbons (Fsp3) is 0.364. The van der Waals surface area contributed by atoms with Gasteiger partial charge in [-0.3, -0.25) is 4.99 Å². The van der Waals surface area contributed by atoms with Crippen LogP contribution in [0.1, 0.15) is 40.2 Å². The molecule has 2 aromatic rings. The molecule has 0 aliphatic carbocycles. The fourth-order valence-corrected chi connectivity index (χ4v) is 3.23. The Morgan fingerprint density at radius 2 is 1.73 bits per heavy atom. The summed E-state index contributed by atoms with van der Waals surface area (Å²) in [6.45, 7) is 5.33. The van der Waals surface area contributed by atoms with E-state index < -0.39 is 17.1 Å². The van der Waals surface area contributed by atoms with E-state index in [4.69, 9.17) is 6.11 Å². The van der Waals surface area contributed by atoms with Crippen LogP contribution in [0.25, 0.3) is 0 Å². The van der Waals surface area contributed by atoms with Crippen molar-refractivity contribution in [3.05, 3.63) is 71.8 Å². The number of ether oxygens (including phenoxy) is 1. The molecule has 1 atom stereocenters. The number of esters is 1. The van der Waals surface area contributed by atoms with Crippen molar-refractivity contribution in [1.29, 1.82) is 0 Å². The van der Waals surface area contributed by atoms with Crippen molar-refractivity contribution >= 4 is 23.9 Å². The second kappa shape index (κ2) is 9.04. The number of carbonyl (C=O) groups excluding carboxylic acids is 1. The van der Waals surface area contributed by atoms with E-state index in [1.807, 2.05) is 69.3 Å². The van der Waals surface area contributed by atoms with Gasteiger partial charge in [-0.05, 0) is 38.8 Å². The van der Waals surface area contributed by atoms with Gasteiger partial charge in [0.05, 0.1) is 0 Å². The molecule has 26 heavy (non-hydrogen) atoms. The smallest absolute Gasteiger partial charge is 0.335 e. The molecule has 0 aliphatic heterocycles. The van der Waals surface area contributed by atoms with Gasteiger partial charge in [0.1, 0.15) is 5.60 Å². The van der Waals surface area contributed by atoms with Crippen LogP contribution in [-0.4, -0.2) is 29.1 Å². The highest BCUT2D eigenvalue weighted by molar-refractivity contribution is 7.98. The van der Waals surface area contributed by atoms with Crippen LogP contribution in [0.2, 0.25) is 0 Å². The summed E-state index contributed by atoms with van der Waals surface area (Å²) < 4.78 is 13.7. The molecular formula is C22H27NO2S. The van der Waals surface area contributed by atoms with Crippen molar-refractivity contribution in [2.45, 2.75) is 44.6 Å². The van der Waals surface area contributed by atoms with E-state index in [0.29, 0.717) is 5.75 Å². The highest BCUT2D eigenvalue weighted by Gasteiger charge is 2.36. The third kappa shape index (κ3) is 6.68. The van der Waals surface area contributed by atoms with Gasteiger partial charge in [0, 0.05) is 19.1 Å². The monoisotopic (exact) mass is 370 g/mol. The molecule has 0 radical (unpaired) electrons. The van der Waals surface area contributed by atoms with Crippen molar-refractivity contribution in [3.8, 4) is 0 Å². The molecule has 2 rings (SSSR count). The van der Waals surface area contributed by atoms with Gasteiger partial charge in [-0.1, -0.05) is 60.7 Å². The van der Waals surface area contributed by atoms with Gasteiger partial charge in [0.2, 0.25) is 0 Å². The molecule has 0 N–H and O–H groups in total. The zero-order valence-electron chi connectivity index (χ0n) is 16.6. The Balaban J connectivity index is 2.19. The number of thioether (sulfide) groups is 1. The SMILES string of the molecule is [2H]C[C@@](CSCc1ccccc1)(N=Cc1ccccc1)C(=O)OC(C)(C)C. The first-order valence-electron chi connectivity index (χ1n) is 9.30. The van der Waals surface area contributed by atoms with Crippen molar-refractivity contribution in [1.82, 2.24) is 0 Å². The lowest BCUT2D eigenvalue weighted by atomic mass is 10.1. The third-order valence-corrected chi connectivity index (χ3v) is 4.71. The standard InChI is InChI=1S/C22H27NO2S/c1-21(2,3)25-20(24)22(4,23-15-18-11-7-5-8-12-18)17-26-16-19-13-9-6-10-14-19/h5-15H,16-17H2,1-4H3/t22-/m0/s1/i4D. The van der Waals surface area contributed by atoms with Gasteiger partial charge in [-0.15, -0.1) is 0 Å². The molecule has 0 bridgehead atoms. The lowest BCUT2D eigenvalue weighted by Crippen LogP contribution is -2.42. The summed E-state index contributed by atoms with van der Waals surface area (Å²) in [5, 5.41) is 0. The highest BCUT2D eigenvalue weighted by Crippen LogP contribution is 2.25. The number of aliphatic imine (C=N–C) groups is 1. The number of benzene rings is 2. The van der Waals surface area contributed by atoms with Gasteiger partial charge in [0.15, 0.2) is 5.54 Å². The lowest BCUT2D eigenvalue weighted by Gasteiger charge is -2.28. The number of carbonyl (C=O) groups is 1. The predicted molar refractivity (Wildman–Crippen MR) is 111 cm³/mol. The van der Waals surface area contributed by atoms with Crippen LogP contribution in [0, 0.1) is 0 Å². The molecule has 0 unspecified atom stereocenters. The summed E-state index contributed by atoms with van der Waals surface area (Å²) in [6, 6.07) is 19.7. The van der Waals surface area contributed by atoms with Crippen LogP contribution in [0.4, 0.5) is 0 Å². The molecule has 0 saturated heterocycles. The summed E-state index contributed by atoms with van der Waals surface area (Å²) in [6.07, 6.45) is 1.67. The Kier molecular flexibility index (Phi) is 6.51. The second-order valence-electron chi connectivity index (χ2n) is 7.18. The molecule has 0 saturated carbocycles. The Morgan fingerprint density at radius 1 is 1.12 bits per heavy atom. The Bertz CT molecular complexity index is 744. The van der Waals surface area contributed by atoms with E-state index in [2.05, 4.69) is 17.1 Å². The van der Waals surface area contributed by atoms with E-state index in [0.717, 1.165) is 11.3 Å². The first-order valence-corrected chi connectivity index (χ1v) is 9.75. The number of rotatable bonds is 7. The maximum Gasteiger partial charge on any atom is 0.335 e. The van der Waals surface area contributed by atoms with Gasteiger partial charge >= 0.3 is 5.97 Å². The van der Waals surface area contributed by atoms with Crippen molar-refractivity contribution < 1.29 is 10.9 Å². The Hall–Kier alpha value is -2.07. The van der Waals surface area contributed by atoms with E-state index in [-0.39, 0.29) is 6.90 Å². The molecule has 0 aromatic heterocycles. The quantitative estimate of drug-likeness (QED) is 0.500. The van der Waals surface area contributed by atoms with Crippen LogP contribution in [0.3, 0.4) is 0 Å². The minimum Gasteiger partial charge on any atom is -0.458 e. The average Bonchev–Trinajstić information content (AvgIpc) is 2.65. The molecule has 3 nitrogen and oxygen atoms in total. The van der Waals surface area contributed by atoms with Crippen molar-refractivity contribution in [2.75, 3.05) is 5.75 Å². The number of nitrogens with zero attached hydrogens (tertiary/aromatic N) is 1. The summed E-state index contributed by atoms with van der Waals surface area (Å²) >= 11 is 1.59. The van der Waals surface area contributed by atoms with Crippen LogP contribution >= 0.6 is 11.8 Å². The molecule has 0 aliphatic rings. The zero-order chi connectivity index (χ0) is 19.8. The molecule has 0 spiro atoms. The minimum atomic E-state index is -1.22. The fourth-order valence-electron chi connectivity index (χ4n) is 2.17.